The molecule has 0 aliphatic heterocycles. The zero-order valence-electron chi connectivity index (χ0n) is 9.76. The molecular weight excluding hydrogens is 238 g/mol. The van der Waals surface area contributed by atoms with Crippen molar-refractivity contribution in [2.45, 2.75) is 30.3 Å². The molecule has 2 rings (SSSR count). The molecule has 1 fully saturated rings. The number of aliphatic hydroxyl groups is 1. The molecule has 1 aromatic carbocycles. The maximum absolute atomic E-state index is 11.5. The molecule has 0 radical (unpaired) electrons. The van der Waals surface area contributed by atoms with E-state index in [2.05, 4.69) is 4.72 Å². The van der Waals surface area contributed by atoms with Crippen molar-refractivity contribution in [1.82, 2.24) is 4.72 Å². The van der Waals surface area contributed by atoms with Crippen LogP contribution in [0.1, 0.15) is 18.4 Å². The lowest BCUT2D eigenvalue weighted by Crippen LogP contribution is -2.18. The van der Waals surface area contributed by atoms with Gasteiger partial charge < -0.3 is 5.11 Å². The van der Waals surface area contributed by atoms with Gasteiger partial charge in [0.15, 0.2) is 0 Å². The summed E-state index contributed by atoms with van der Waals surface area (Å²) < 4.78 is 25.3. The van der Waals surface area contributed by atoms with Gasteiger partial charge in [0.05, 0.1) is 11.0 Å². The summed E-state index contributed by atoms with van der Waals surface area (Å²) in [6.07, 6.45) is 2.52. The lowest BCUT2D eigenvalue weighted by molar-refractivity contribution is 0.151. The molecule has 17 heavy (non-hydrogen) atoms. The van der Waals surface area contributed by atoms with E-state index in [9.17, 15) is 13.5 Å². The maximum Gasteiger partial charge on any atom is 0.240 e. The van der Waals surface area contributed by atoms with Gasteiger partial charge in [-0.3, -0.25) is 0 Å². The highest BCUT2D eigenvalue weighted by Crippen LogP contribution is 2.33. The first kappa shape index (κ1) is 12.5. The lowest BCUT2D eigenvalue weighted by atomic mass is 10.1. The van der Waals surface area contributed by atoms with Crippen LogP contribution < -0.4 is 4.72 Å². The highest BCUT2D eigenvalue weighted by molar-refractivity contribution is 7.89. The van der Waals surface area contributed by atoms with Crippen LogP contribution in [0, 0.1) is 5.92 Å². The Morgan fingerprint density at radius 3 is 2.41 bits per heavy atom. The minimum atomic E-state index is -3.36. The smallest absolute Gasteiger partial charge is 0.240 e. The summed E-state index contributed by atoms with van der Waals surface area (Å²) in [6.45, 7) is 0. The normalized spacial score (nSPS) is 18.0. The number of aliphatic hydroxyl groups excluding tert-OH is 1. The third kappa shape index (κ3) is 3.06. The van der Waals surface area contributed by atoms with Gasteiger partial charge in [-0.15, -0.1) is 0 Å². The summed E-state index contributed by atoms with van der Waals surface area (Å²) >= 11 is 0. The number of rotatable bonds is 5. The fourth-order valence-electron chi connectivity index (χ4n) is 1.81. The molecular formula is C12H17NO3S. The summed E-state index contributed by atoms with van der Waals surface area (Å²) in [5, 5.41) is 9.79. The van der Waals surface area contributed by atoms with Crippen LogP contribution in [0.3, 0.4) is 0 Å². The molecule has 1 aromatic rings. The first-order valence-corrected chi connectivity index (χ1v) is 7.22. The molecule has 0 bridgehead atoms. The van der Waals surface area contributed by atoms with Gasteiger partial charge in [-0.05, 0) is 49.9 Å². The van der Waals surface area contributed by atoms with Crippen LogP contribution in [0.5, 0.6) is 0 Å². The molecule has 1 aliphatic rings. The van der Waals surface area contributed by atoms with E-state index in [0.29, 0.717) is 12.3 Å². The average molecular weight is 255 g/mol. The van der Waals surface area contributed by atoms with E-state index < -0.39 is 10.0 Å². The second kappa shape index (κ2) is 4.76. The van der Waals surface area contributed by atoms with Gasteiger partial charge in [-0.1, -0.05) is 12.1 Å². The van der Waals surface area contributed by atoms with Gasteiger partial charge in [0.1, 0.15) is 0 Å². The van der Waals surface area contributed by atoms with Gasteiger partial charge in [0, 0.05) is 0 Å². The fourth-order valence-corrected chi connectivity index (χ4v) is 2.54. The zero-order chi connectivity index (χ0) is 12.5. The molecule has 5 heteroatoms. The highest BCUT2D eigenvalue weighted by atomic mass is 32.2. The Morgan fingerprint density at radius 1 is 1.35 bits per heavy atom. The maximum atomic E-state index is 11.5. The van der Waals surface area contributed by atoms with Crippen molar-refractivity contribution in [3.05, 3.63) is 29.8 Å². The average Bonchev–Trinajstić information content (AvgIpc) is 3.13. The van der Waals surface area contributed by atoms with Crippen molar-refractivity contribution in [2.24, 2.45) is 5.92 Å². The molecule has 0 amide bonds. The van der Waals surface area contributed by atoms with Crippen molar-refractivity contribution in [1.29, 1.82) is 0 Å². The topological polar surface area (TPSA) is 66.4 Å². The van der Waals surface area contributed by atoms with Crippen molar-refractivity contribution in [2.75, 3.05) is 7.05 Å². The minimum Gasteiger partial charge on any atom is -0.392 e. The fraction of sp³-hybridized carbons (Fsp3) is 0.500. The van der Waals surface area contributed by atoms with E-state index in [1.165, 1.54) is 7.05 Å². The van der Waals surface area contributed by atoms with Crippen molar-refractivity contribution >= 4 is 10.0 Å². The van der Waals surface area contributed by atoms with Crippen LogP contribution in [-0.2, 0) is 16.4 Å². The van der Waals surface area contributed by atoms with Crippen molar-refractivity contribution < 1.29 is 13.5 Å². The monoisotopic (exact) mass is 255 g/mol. The molecule has 0 spiro atoms. The Balaban J connectivity index is 2.07. The van der Waals surface area contributed by atoms with Crippen molar-refractivity contribution in [3.63, 3.8) is 0 Å². The first-order valence-electron chi connectivity index (χ1n) is 5.73. The predicted molar refractivity (Wildman–Crippen MR) is 65.1 cm³/mol. The summed E-state index contributed by atoms with van der Waals surface area (Å²) in [6, 6.07) is 6.66. The Hall–Kier alpha value is -0.910. The van der Waals surface area contributed by atoms with Crippen LogP contribution in [0.15, 0.2) is 29.2 Å². The third-order valence-corrected chi connectivity index (χ3v) is 4.54. The SMILES string of the molecule is CNS(=O)(=O)c1ccc(CC(O)C2CC2)cc1. The molecule has 1 atom stereocenters. The Labute approximate surface area is 102 Å². The molecule has 2 N–H and O–H groups in total. The van der Waals surface area contributed by atoms with E-state index >= 15 is 0 Å². The van der Waals surface area contributed by atoms with Gasteiger partial charge in [-0.25, -0.2) is 13.1 Å². The molecule has 94 valence electrons. The standard InChI is InChI=1S/C12H17NO3S/c1-13-17(15,16)11-6-2-9(3-7-11)8-12(14)10-4-5-10/h2-3,6-7,10,12-14H,4-5,8H2,1H3. The van der Waals surface area contributed by atoms with Gasteiger partial charge in [0.25, 0.3) is 0 Å². The van der Waals surface area contributed by atoms with E-state index in [-0.39, 0.29) is 11.0 Å². The molecule has 1 aliphatic carbocycles. The van der Waals surface area contributed by atoms with E-state index in [1.54, 1.807) is 24.3 Å². The quantitative estimate of drug-likeness (QED) is 0.822. The molecule has 1 saturated carbocycles. The summed E-state index contributed by atoms with van der Waals surface area (Å²) in [7, 11) is -1.97. The van der Waals surface area contributed by atoms with Gasteiger partial charge in [-0.2, -0.15) is 0 Å². The summed E-state index contributed by atoms with van der Waals surface area (Å²) in [5.74, 6) is 0.440. The number of nitrogens with one attached hydrogen (secondary N) is 1. The number of hydrogen-bond acceptors (Lipinski definition) is 3. The molecule has 0 aromatic heterocycles. The van der Waals surface area contributed by atoms with Crippen LogP contribution in [0.4, 0.5) is 0 Å². The second-order valence-electron chi connectivity index (χ2n) is 4.46. The number of sulfonamides is 1. The Kier molecular flexibility index (Phi) is 3.51. The second-order valence-corrected chi connectivity index (χ2v) is 6.35. The van der Waals surface area contributed by atoms with Gasteiger partial charge >= 0.3 is 0 Å². The summed E-state index contributed by atoms with van der Waals surface area (Å²) in [4.78, 5) is 0.254. The summed E-state index contributed by atoms with van der Waals surface area (Å²) in [5.41, 5.74) is 0.972. The Morgan fingerprint density at radius 2 is 1.94 bits per heavy atom. The van der Waals surface area contributed by atoms with Crippen LogP contribution >= 0.6 is 0 Å². The molecule has 1 unspecified atom stereocenters. The predicted octanol–water partition coefficient (Wildman–Crippen LogP) is 0.908. The van der Waals surface area contributed by atoms with Gasteiger partial charge in [0.2, 0.25) is 10.0 Å². The molecule has 0 heterocycles. The number of hydrogen-bond donors (Lipinski definition) is 2. The largest absolute Gasteiger partial charge is 0.392 e. The van der Waals surface area contributed by atoms with Crippen molar-refractivity contribution in [3.8, 4) is 0 Å². The number of benzene rings is 1. The van der Waals surface area contributed by atoms with Crippen LogP contribution in [-0.4, -0.2) is 26.7 Å². The molecule has 4 nitrogen and oxygen atoms in total. The lowest BCUT2D eigenvalue weighted by Gasteiger charge is -2.09. The van der Waals surface area contributed by atoms with E-state index in [4.69, 9.17) is 0 Å². The van der Waals surface area contributed by atoms with Crippen LogP contribution in [0.2, 0.25) is 0 Å². The highest BCUT2D eigenvalue weighted by Gasteiger charge is 2.29. The molecule has 0 saturated heterocycles. The first-order chi connectivity index (χ1) is 8.03. The minimum absolute atomic E-state index is 0.254. The van der Waals surface area contributed by atoms with Crippen LogP contribution in [0.25, 0.3) is 0 Å². The third-order valence-electron chi connectivity index (χ3n) is 3.11. The van der Waals surface area contributed by atoms with E-state index in [1.807, 2.05) is 0 Å². The zero-order valence-corrected chi connectivity index (χ0v) is 10.6. The van der Waals surface area contributed by atoms with E-state index in [0.717, 1.165) is 18.4 Å². The Bertz CT molecular complexity index is 477.